The summed E-state index contributed by atoms with van der Waals surface area (Å²) in [6, 6.07) is 3.25. The summed E-state index contributed by atoms with van der Waals surface area (Å²) in [6.45, 7) is 0.496. The second-order valence-electron chi connectivity index (χ2n) is 4.91. The molecule has 1 heterocycles. The summed E-state index contributed by atoms with van der Waals surface area (Å²) in [5, 5.41) is 0. The molecule has 0 saturated heterocycles. The van der Waals surface area contributed by atoms with Crippen LogP contribution in [-0.2, 0) is 4.74 Å². The van der Waals surface area contributed by atoms with Crippen LogP contribution in [0.3, 0.4) is 0 Å². The van der Waals surface area contributed by atoms with Gasteiger partial charge in [-0.05, 0) is 24.5 Å². The molecule has 98 valence electrons. The first-order chi connectivity index (χ1) is 8.75. The Balaban J connectivity index is 1.72. The molecule has 0 spiro atoms. The van der Waals surface area contributed by atoms with Crippen molar-refractivity contribution in [2.45, 2.75) is 38.5 Å². The van der Waals surface area contributed by atoms with E-state index in [9.17, 15) is 4.79 Å². The highest BCUT2D eigenvalue weighted by atomic mass is 16.5. The Bertz CT molecular complexity index is 383. The first-order valence-electron chi connectivity index (χ1n) is 6.64. The fourth-order valence-electron chi connectivity index (χ4n) is 2.39. The lowest BCUT2D eigenvalue weighted by Crippen LogP contribution is -2.13. The molecule has 0 atom stereocenters. The smallest absolute Gasteiger partial charge is 0.356 e. The SMILES string of the molecule is Nc1ccc(C(=O)OCCC2CCCCC2)nc1. The Morgan fingerprint density at radius 3 is 2.78 bits per heavy atom. The van der Waals surface area contributed by atoms with E-state index in [-0.39, 0.29) is 5.97 Å². The molecule has 0 aromatic carbocycles. The van der Waals surface area contributed by atoms with Crippen molar-refractivity contribution >= 4 is 11.7 Å². The van der Waals surface area contributed by atoms with Gasteiger partial charge < -0.3 is 10.5 Å². The molecule has 1 fully saturated rings. The van der Waals surface area contributed by atoms with Gasteiger partial charge in [-0.1, -0.05) is 32.1 Å². The van der Waals surface area contributed by atoms with Crippen molar-refractivity contribution in [1.29, 1.82) is 0 Å². The molecule has 0 radical (unpaired) electrons. The molecule has 4 nitrogen and oxygen atoms in total. The summed E-state index contributed by atoms with van der Waals surface area (Å²) in [6.07, 6.45) is 8.98. The number of hydrogen-bond donors (Lipinski definition) is 1. The highest BCUT2D eigenvalue weighted by Gasteiger charge is 2.14. The predicted molar refractivity (Wildman–Crippen MR) is 70.1 cm³/mol. The average molecular weight is 248 g/mol. The molecule has 1 aliphatic carbocycles. The van der Waals surface area contributed by atoms with Gasteiger partial charge >= 0.3 is 5.97 Å². The van der Waals surface area contributed by atoms with Gasteiger partial charge in [0.05, 0.1) is 18.5 Å². The van der Waals surface area contributed by atoms with Crippen LogP contribution in [0.2, 0.25) is 0 Å². The van der Waals surface area contributed by atoms with E-state index >= 15 is 0 Å². The summed E-state index contributed by atoms with van der Waals surface area (Å²) in [7, 11) is 0. The van der Waals surface area contributed by atoms with Gasteiger partial charge in [0.2, 0.25) is 0 Å². The van der Waals surface area contributed by atoms with Gasteiger partial charge in [0.25, 0.3) is 0 Å². The zero-order chi connectivity index (χ0) is 12.8. The van der Waals surface area contributed by atoms with Crippen molar-refractivity contribution in [3.63, 3.8) is 0 Å². The van der Waals surface area contributed by atoms with Gasteiger partial charge in [0.15, 0.2) is 0 Å². The molecule has 0 amide bonds. The van der Waals surface area contributed by atoms with Crippen LogP contribution < -0.4 is 5.73 Å². The number of rotatable bonds is 4. The minimum absolute atomic E-state index is 0.327. The van der Waals surface area contributed by atoms with Crippen molar-refractivity contribution in [3.8, 4) is 0 Å². The van der Waals surface area contributed by atoms with Gasteiger partial charge in [-0.15, -0.1) is 0 Å². The van der Waals surface area contributed by atoms with E-state index in [2.05, 4.69) is 4.98 Å². The summed E-state index contributed by atoms with van der Waals surface area (Å²) >= 11 is 0. The molecule has 0 aliphatic heterocycles. The van der Waals surface area contributed by atoms with Crippen LogP contribution in [0.1, 0.15) is 49.0 Å². The van der Waals surface area contributed by atoms with Gasteiger partial charge in [-0.25, -0.2) is 9.78 Å². The third-order valence-corrected chi connectivity index (χ3v) is 3.48. The molecule has 2 N–H and O–H groups in total. The molecule has 1 aliphatic rings. The second-order valence-corrected chi connectivity index (χ2v) is 4.91. The van der Waals surface area contributed by atoms with E-state index in [1.54, 1.807) is 12.1 Å². The largest absolute Gasteiger partial charge is 0.461 e. The van der Waals surface area contributed by atoms with Crippen molar-refractivity contribution in [2.24, 2.45) is 5.92 Å². The summed E-state index contributed by atoms with van der Waals surface area (Å²) in [5.41, 5.74) is 6.39. The minimum Gasteiger partial charge on any atom is -0.461 e. The number of carbonyl (C=O) groups excluding carboxylic acids is 1. The fraction of sp³-hybridized carbons (Fsp3) is 0.571. The number of carbonyl (C=O) groups is 1. The average Bonchev–Trinajstić information content (AvgIpc) is 2.40. The van der Waals surface area contributed by atoms with Crippen molar-refractivity contribution in [1.82, 2.24) is 4.98 Å². The first kappa shape index (κ1) is 12.9. The molecule has 4 heteroatoms. The molecule has 18 heavy (non-hydrogen) atoms. The predicted octanol–water partition coefficient (Wildman–Crippen LogP) is 2.79. The molecular weight excluding hydrogens is 228 g/mol. The summed E-state index contributed by atoms with van der Waals surface area (Å²) < 4.78 is 5.23. The Morgan fingerprint density at radius 2 is 2.11 bits per heavy atom. The highest BCUT2D eigenvalue weighted by molar-refractivity contribution is 5.87. The number of nitrogen functional groups attached to an aromatic ring is 1. The molecule has 0 unspecified atom stereocenters. The van der Waals surface area contributed by atoms with Gasteiger partial charge in [-0.2, -0.15) is 0 Å². The van der Waals surface area contributed by atoms with Crippen molar-refractivity contribution in [3.05, 3.63) is 24.0 Å². The number of hydrogen-bond acceptors (Lipinski definition) is 4. The Hall–Kier alpha value is -1.58. The topological polar surface area (TPSA) is 65.2 Å². The van der Waals surface area contributed by atoms with E-state index in [0.717, 1.165) is 12.3 Å². The number of aromatic nitrogens is 1. The Morgan fingerprint density at radius 1 is 1.33 bits per heavy atom. The van der Waals surface area contributed by atoms with Crippen molar-refractivity contribution in [2.75, 3.05) is 12.3 Å². The van der Waals surface area contributed by atoms with E-state index in [1.807, 2.05) is 0 Å². The molecule has 2 rings (SSSR count). The molecule has 1 aromatic heterocycles. The molecular formula is C14H20N2O2. The zero-order valence-corrected chi connectivity index (χ0v) is 10.6. The number of esters is 1. The minimum atomic E-state index is -0.356. The highest BCUT2D eigenvalue weighted by Crippen LogP contribution is 2.26. The number of nitrogens with two attached hydrogens (primary N) is 1. The maximum absolute atomic E-state index is 11.7. The lowest BCUT2D eigenvalue weighted by molar-refractivity contribution is 0.0468. The van der Waals surface area contributed by atoms with Gasteiger partial charge in [0.1, 0.15) is 5.69 Å². The van der Waals surface area contributed by atoms with E-state index in [0.29, 0.717) is 18.0 Å². The summed E-state index contributed by atoms with van der Waals surface area (Å²) in [5.74, 6) is 0.372. The van der Waals surface area contributed by atoms with E-state index in [1.165, 1.54) is 38.3 Å². The lowest BCUT2D eigenvalue weighted by Gasteiger charge is -2.20. The van der Waals surface area contributed by atoms with Crippen LogP contribution in [0.25, 0.3) is 0 Å². The number of anilines is 1. The van der Waals surface area contributed by atoms with Crippen LogP contribution in [0, 0.1) is 5.92 Å². The van der Waals surface area contributed by atoms with Gasteiger partial charge in [0, 0.05) is 0 Å². The first-order valence-corrected chi connectivity index (χ1v) is 6.64. The Labute approximate surface area is 108 Å². The molecule has 0 bridgehead atoms. The van der Waals surface area contributed by atoms with Crippen LogP contribution in [0.4, 0.5) is 5.69 Å². The van der Waals surface area contributed by atoms with Crippen LogP contribution in [0.5, 0.6) is 0 Å². The molecule has 1 aromatic rings. The quantitative estimate of drug-likeness (QED) is 0.832. The van der Waals surface area contributed by atoms with Crippen molar-refractivity contribution < 1.29 is 9.53 Å². The molecule has 1 saturated carbocycles. The fourth-order valence-corrected chi connectivity index (χ4v) is 2.39. The number of ether oxygens (including phenoxy) is 1. The van der Waals surface area contributed by atoms with Crippen LogP contribution >= 0.6 is 0 Å². The van der Waals surface area contributed by atoms with Crippen LogP contribution in [0.15, 0.2) is 18.3 Å². The normalized spacial score (nSPS) is 16.4. The number of pyridine rings is 1. The standard InChI is InChI=1S/C14H20N2O2/c15-12-6-7-13(16-10-12)14(17)18-9-8-11-4-2-1-3-5-11/h6-7,10-11H,1-5,8-9,15H2. The third kappa shape index (κ3) is 3.72. The van der Waals surface area contributed by atoms with E-state index < -0.39 is 0 Å². The maximum atomic E-state index is 11.7. The Kier molecular flexibility index (Phi) is 4.56. The monoisotopic (exact) mass is 248 g/mol. The maximum Gasteiger partial charge on any atom is 0.356 e. The number of nitrogens with zero attached hydrogens (tertiary/aromatic N) is 1. The van der Waals surface area contributed by atoms with E-state index in [4.69, 9.17) is 10.5 Å². The third-order valence-electron chi connectivity index (χ3n) is 3.48. The second kappa shape index (κ2) is 6.38. The summed E-state index contributed by atoms with van der Waals surface area (Å²) in [4.78, 5) is 15.6. The van der Waals surface area contributed by atoms with Crippen LogP contribution in [-0.4, -0.2) is 17.6 Å². The lowest BCUT2D eigenvalue weighted by atomic mass is 9.87. The zero-order valence-electron chi connectivity index (χ0n) is 10.6. The van der Waals surface area contributed by atoms with Gasteiger partial charge in [-0.3, -0.25) is 0 Å².